The minimum Gasteiger partial charge on any atom is -0.345 e. The molecule has 0 bridgehead atoms. The van der Waals surface area contributed by atoms with Gasteiger partial charge in [0, 0.05) is 31.8 Å². The molecule has 0 saturated carbocycles. The van der Waals surface area contributed by atoms with E-state index in [-0.39, 0.29) is 17.0 Å². The molecule has 76 valence electrons. The van der Waals surface area contributed by atoms with Crippen LogP contribution >= 0.6 is 15.9 Å². The zero-order valence-corrected chi connectivity index (χ0v) is 9.83. The van der Waals surface area contributed by atoms with Crippen LogP contribution in [0.5, 0.6) is 0 Å². The van der Waals surface area contributed by atoms with Gasteiger partial charge in [-0.3, -0.25) is 9.59 Å². The molecule has 1 aromatic rings. The average molecular weight is 259 g/mol. The van der Waals surface area contributed by atoms with Crippen molar-refractivity contribution in [3.8, 4) is 0 Å². The van der Waals surface area contributed by atoms with Gasteiger partial charge in [0.1, 0.15) is 5.56 Å². The van der Waals surface area contributed by atoms with E-state index >= 15 is 0 Å². The maximum absolute atomic E-state index is 11.6. The molecule has 1 amide bonds. The van der Waals surface area contributed by atoms with Crippen molar-refractivity contribution in [1.29, 1.82) is 0 Å². The Morgan fingerprint density at radius 2 is 2.07 bits per heavy atom. The lowest BCUT2D eigenvalue weighted by Gasteiger charge is -2.10. The smallest absolute Gasteiger partial charge is 0.263 e. The summed E-state index contributed by atoms with van der Waals surface area (Å²) in [5.74, 6) is -0.285. The van der Waals surface area contributed by atoms with Crippen LogP contribution in [0.4, 0.5) is 0 Å². The van der Waals surface area contributed by atoms with Gasteiger partial charge in [-0.05, 0) is 22.0 Å². The molecule has 5 heteroatoms. The molecular weight excluding hydrogens is 248 g/mol. The molecule has 0 radical (unpaired) electrons. The van der Waals surface area contributed by atoms with E-state index < -0.39 is 0 Å². The first kappa shape index (κ1) is 11.0. The maximum Gasteiger partial charge on any atom is 0.263 e. The molecule has 14 heavy (non-hydrogen) atoms. The first-order valence-corrected chi connectivity index (χ1v) is 4.80. The van der Waals surface area contributed by atoms with Crippen molar-refractivity contribution in [2.45, 2.75) is 0 Å². The number of rotatable bonds is 1. The molecule has 0 spiro atoms. The van der Waals surface area contributed by atoms with Gasteiger partial charge in [-0.1, -0.05) is 0 Å². The zero-order chi connectivity index (χ0) is 10.9. The lowest BCUT2D eigenvalue weighted by atomic mass is 10.2. The van der Waals surface area contributed by atoms with E-state index in [1.807, 2.05) is 0 Å². The summed E-state index contributed by atoms with van der Waals surface area (Å²) in [5.41, 5.74) is -0.112. The third kappa shape index (κ3) is 2.04. The Kier molecular flexibility index (Phi) is 3.10. The minimum atomic E-state index is -0.285. The summed E-state index contributed by atoms with van der Waals surface area (Å²) in [6.07, 6.45) is 1.62. The largest absolute Gasteiger partial charge is 0.345 e. The van der Waals surface area contributed by atoms with Gasteiger partial charge >= 0.3 is 0 Å². The lowest BCUT2D eigenvalue weighted by molar-refractivity contribution is 0.0825. The third-order valence-electron chi connectivity index (χ3n) is 1.79. The second-order valence-electron chi connectivity index (χ2n) is 3.19. The average Bonchev–Trinajstić information content (AvgIpc) is 2.09. The number of amides is 1. The number of hydrogen-bond acceptors (Lipinski definition) is 2. The van der Waals surface area contributed by atoms with E-state index in [9.17, 15) is 9.59 Å². The van der Waals surface area contributed by atoms with E-state index in [1.165, 1.54) is 15.5 Å². The Bertz CT molecular complexity index is 423. The summed E-state index contributed by atoms with van der Waals surface area (Å²) < 4.78 is 2.09. The van der Waals surface area contributed by atoms with E-state index in [0.717, 1.165) is 0 Å². The predicted octanol–water partition coefficient (Wildman–Crippen LogP) is 0.850. The summed E-state index contributed by atoms with van der Waals surface area (Å²) in [5, 5.41) is 0. The van der Waals surface area contributed by atoms with Crippen LogP contribution in [0.2, 0.25) is 0 Å². The van der Waals surface area contributed by atoms with Crippen molar-refractivity contribution in [2.24, 2.45) is 7.05 Å². The van der Waals surface area contributed by atoms with Gasteiger partial charge in [0.15, 0.2) is 0 Å². The van der Waals surface area contributed by atoms with Gasteiger partial charge < -0.3 is 9.47 Å². The Hall–Kier alpha value is -1.10. The fourth-order valence-electron chi connectivity index (χ4n) is 1.06. The summed E-state index contributed by atoms with van der Waals surface area (Å²) in [7, 11) is 4.84. The van der Waals surface area contributed by atoms with Crippen LogP contribution < -0.4 is 5.56 Å². The summed E-state index contributed by atoms with van der Waals surface area (Å²) in [4.78, 5) is 24.5. The number of aryl methyl sites for hydroxylation is 1. The SMILES string of the molecule is CN(C)C(=O)c1cc(Br)cn(C)c1=O. The van der Waals surface area contributed by atoms with E-state index in [4.69, 9.17) is 0 Å². The number of aromatic nitrogens is 1. The van der Waals surface area contributed by atoms with Crippen LogP contribution in [-0.4, -0.2) is 29.5 Å². The van der Waals surface area contributed by atoms with Gasteiger partial charge in [0.25, 0.3) is 11.5 Å². The first-order valence-electron chi connectivity index (χ1n) is 4.01. The quantitative estimate of drug-likeness (QED) is 0.750. The maximum atomic E-state index is 11.6. The highest BCUT2D eigenvalue weighted by Crippen LogP contribution is 2.08. The molecule has 0 aliphatic carbocycles. The first-order chi connectivity index (χ1) is 6.43. The van der Waals surface area contributed by atoms with Crippen LogP contribution in [0.3, 0.4) is 0 Å². The van der Waals surface area contributed by atoms with Crippen LogP contribution in [0, 0.1) is 0 Å². The van der Waals surface area contributed by atoms with Crippen LogP contribution in [-0.2, 0) is 7.05 Å². The van der Waals surface area contributed by atoms with Gasteiger partial charge in [0.05, 0.1) is 0 Å². The molecule has 0 aliphatic rings. The van der Waals surface area contributed by atoms with Crippen molar-refractivity contribution in [3.05, 3.63) is 32.7 Å². The molecule has 0 aliphatic heterocycles. The molecule has 0 atom stereocenters. The minimum absolute atomic E-state index is 0.173. The second-order valence-corrected chi connectivity index (χ2v) is 4.10. The van der Waals surface area contributed by atoms with Crippen LogP contribution in [0.25, 0.3) is 0 Å². The standard InChI is InChI=1S/C9H11BrN2O2/c1-11(2)8(13)7-4-6(10)5-12(3)9(7)14/h4-5H,1-3H3. The fraction of sp³-hybridized carbons (Fsp3) is 0.333. The Balaban J connectivity index is 3.35. The number of nitrogens with zero attached hydrogens (tertiary/aromatic N) is 2. The highest BCUT2D eigenvalue weighted by molar-refractivity contribution is 9.10. The molecule has 0 N–H and O–H groups in total. The number of halogens is 1. The van der Waals surface area contributed by atoms with Crippen molar-refractivity contribution < 1.29 is 4.79 Å². The van der Waals surface area contributed by atoms with E-state index in [1.54, 1.807) is 27.3 Å². The molecule has 0 fully saturated rings. The third-order valence-corrected chi connectivity index (χ3v) is 2.22. The van der Waals surface area contributed by atoms with E-state index in [0.29, 0.717) is 4.47 Å². The number of carbonyl (C=O) groups is 1. The van der Waals surface area contributed by atoms with Gasteiger partial charge in [0.2, 0.25) is 0 Å². The van der Waals surface area contributed by atoms with Gasteiger partial charge in [-0.25, -0.2) is 0 Å². The zero-order valence-electron chi connectivity index (χ0n) is 8.24. The summed E-state index contributed by atoms with van der Waals surface area (Å²) in [6, 6.07) is 1.53. The fourth-order valence-corrected chi connectivity index (χ4v) is 1.60. The molecular formula is C9H11BrN2O2. The Morgan fingerprint density at radius 1 is 1.50 bits per heavy atom. The van der Waals surface area contributed by atoms with Crippen LogP contribution in [0.15, 0.2) is 21.5 Å². The lowest BCUT2D eigenvalue weighted by Crippen LogP contribution is -2.31. The molecule has 4 nitrogen and oxygen atoms in total. The number of hydrogen-bond donors (Lipinski definition) is 0. The molecule has 1 heterocycles. The molecule has 0 aromatic carbocycles. The molecule has 1 aromatic heterocycles. The summed E-state index contributed by atoms with van der Waals surface area (Å²) in [6.45, 7) is 0. The molecule has 1 rings (SSSR count). The van der Waals surface area contributed by atoms with Crippen molar-refractivity contribution in [1.82, 2.24) is 9.47 Å². The highest BCUT2D eigenvalue weighted by atomic mass is 79.9. The highest BCUT2D eigenvalue weighted by Gasteiger charge is 2.13. The number of pyridine rings is 1. The van der Waals surface area contributed by atoms with E-state index in [2.05, 4.69) is 15.9 Å². The number of carbonyl (C=O) groups excluding carboxylic acids is 1. The normalized spacial score (nSPS) is 10.0. The molecule has 0 unspecified atom stereocenters. The molecule has 0 saturated heterocycles. The second kappa shape index (κ2) is 3.96. The monoisotopic (exact) mass is 258 g/mol. The topological polar surface area (TPSA) is 42.3 Å². The van der Waals surface area contributed by atoms with Crippen molar-refractivity contribution in [3.63, 3.8) is 0 Å². The predicted molar refractivity (Wildman–Crippen MR) is 57.4 cm³/mol. The van der Waals surface area contributed by atoms with Gasteiger partial charge in [-0.2, -0.15) is 0 Å². The van der Waals surface area contributed by atoms with Gasteiger partial charge in [-0.15, -0.1) is 0 Å². The van der Waals surface area contributed by atoms with Crippen molar-refractivity contribution in [2.75, 3.05) is 14.1 Å². The van der Waals surface area contributed by atoms with Crippen molar-refractivity contribution >= 4 is 21.8 Å². The van der Waals surface area contributed by atoms with Crippen LogP contribution in [0.1, 0.15) is 10.4 Å². The Labute approximate surface area is 90.3 Å². The summed E-state index contributed by atoms with van der Waals surface area (Å²) >= 11 is 3.23. The Morgan fingerprint density at radius 3 is 2.57 bits per heavy atom.